The van der Waals surface area contributed by atoms with Gasteiger partial charge in [-0.2, -0.15) is 0 Å². The van der Waals surface area contributed by atoms with Gasteiger partial charge in [-0.15, -0.1) is 0 Å². The molecule has 16 heavy (non-hydrogen) atoms. The lowest BCUT2D eigenvalue weighted by Gasteiger charge is -2.15. The Morgan fingerprint density at radius 2 is 2.31 bits per heavy atom. The lowest BCUT2D eigenvalue weighted by atomic mass is 10.2. The van der Waals surface area contributed by atoms with Crippen molar-refractivity contribution in [3.8, 4) is 0 Å². The summed E-state index contributed by atoms with van der Waals surface area (Å²) < 4.78 is 6.08. The lowest BCUT2D eigenvalue weighted by Crippen LogP contribution is -2.32. The molecule has 1 amide bonds. The maximum Gasteiger partial charge on any atom is 0.409 e. The van der Waals surface area contributed by atoms with E-state index in [0.717, 1.165) is 10.0 Å². The summed E-state index contributed by atoms with van der Waals surface area (Å²) in [4.78, 5) is 12.9. The molecule has 0 aromatic heterocycles. The number of likely N-dealkylation sites (N-methyl/N-ethyl adjacent to an activating group) is 1. The second kappa shape index (κ2) is 6.50. The zero-order valence-electron chi connectivity index (χ0n) is 9.15. The van der Waals surface area contributed by atoms with E-state index in [-0.39, 0.29) is 12.7 Å². The van der Waals surface area contributed by atoms with Crippen LogP contribution in [0.15, 0.2) is 28.7 Å². The molecule has 0 atom stereocenters. The van der Waals surface area contributed by atoms with Crippen LogP contribution >= 0.6 is 15.9 Å². The minimum Gasteiger partial charge on any atom is -0.445 e. The van der Waals surface area contributed by atoms with Crippen molar-refractivity contribution >= 4 is 22.0 Å². The SMILES string of the molecule is CN(CCN)C(=O)OCc1cccc(Br)c1. The molecule has 0 fully saturated rings. The quantitative estimate of drug-likeness (QED) is 0.921. The fourth-order valence-electron chi connectivity index (χ4n) is 1.17. The van der Waals surface area contributed by atoms with E-state index in [4.69, 9.17) is 10.5 Å². The van der Waals surface area contributed by atoms with Crippen LogP contribution in [0.3, 0.4) is 0 Å². The summed E-state index contributed by atoms with van der Waals surface area (Å²) in [6, 6.07) is 7.64. The molecule has 0 radical (unpaired) electrons. The Labute approximate surface area is 103 Å². The van der Waals surface area contributed by atoms with Gasteiger partial charge in [0.2, 0.25) is 0 Å². The average Bonchev–Trinajstić information content (AvgIpc) is 2.26. The first-order chi connectivity index (χ1) is 7.63. The van der Waals surface area contributed by atoms with E-state index in [0.29, 0.717) is 13.1 Å². The summed E-state index contributed by atoms with van der Waals surface area (Å²) in [5.41, 5.74) is 6.29. The highest BCUT2D eigenvalue weighted by atomic mass is 79.9. The molecule has 0 aliphatic rings. The number of ether oxygens (including phenoxy) is 1. The molecule has 1 rings (SSSR count). The van der Waals surface area contributed by atoms with Gasteiger partial charge in [0.05, 0.1) is 0 Å². The average molecular weight is 287 g/mol. The third-order valence-corrected chi connectivity index (χ3v) is 2.52. The Morgan fingerprint density at radius 1 is 1.56 bits per heavy atom. The molecule has 2 N–H and O–H groups in total. The number of amides is 1. The molecule has 1 aromatic carbocycles. The van der Waals surface area contributed by atoms with Crippen LogP contribution < -0.4 is 5.73 Å². The summed E-state index contributed by atoms with van der Waals surface area (Å²) in [6.45, 7) is 1.20. The first-order valence-electron chi connectivity index (χ1n) is 4.96. The van der Waals surface area contributed by atoms with Gasteiger partial charge in [-0.25, -0.2) is 4.79 Å². The molecule has 0 aliphatic heterocycles. The number of hydrogen-bond donors (Lipinski definition) is 1. The first kappa shape index (κ1) is 13.0. The molecule has 0 bridgehead atoms. The monoisotopic (exact) mass is 286 g/mol. The van der Waals surface area contributed by atoms with Crippen molar-refractivity contribution in [2.45, 2.75) is 6.61 Å². The number of rotatable bonds is 4. The zero-order chi connectivity index (χ0) is 12.0. The normalized spacial score (nSPS) is 9.94. The highest BCUT2D eigenvalue weighted by Crippen LogP contribution is 2.12. The second-order valence-electron chi connectivity index (χ2n) is 3.39. The highest BCUT2D eigenvalue weighted by Gasteiger charge is 2.08. The molecule has 0 heterocycles. The second-order valence-corrected chi connectivity index (χ2v) is 4.31. The number of carbonyl (C=O) groups excluding carboxylic acids is 1. The van der Waals surface area contributed by atoms with Gasteiger partial charge in [0.1, 0.15) is 6.61 Å². The topological polar surface area (TPSA) is 55.6 Å². The maximum atomic E-state index is 11.4. The smallest absolute Gasteiger partial charge is 0.409 e. The highest BCUT2D eigenvalue weighted by molar-refractivity contribution is 9.10. The van der Waals surface area contributed by atoms with Gasteiger partial charge in [0.25, 0.3) is 0 Å². The van der Waals surface area contributed by atoms with Crippen molar-refractivity contribution < 1.29 is 9.53 Å². The van der Waals surface area contributed by atoms with Crippen molar-refractivity contribution in [2.24, 2.45) is 5.73 Å². The van der Waals surface area contributed by atoms with E-state index in [1.165, 1.54) is 4.90 Å². The van der Waals surface area contributed by atoms with Crippen LogP contribution in [0.5, 0.6) is 0 Å². The number of benzene rings is 1. The molecule has 0 unspecified atom stereocenters. The molecule has 0 saturated heterocycles. The van der Waals surface area contributed by atoms with Gasteiger partial charge < -0.3 is 15.4 Å². The van der Waals surface area contributed by atoms with Crippen molar-refractivity contribution in [2.75, 3.05) is 20.1 Å². The number of nitrogens with two attached hydrogens (primary N) is 1. The van der Waals surface area contributed by atoms with Crippen molar-refractivity contribution in [3.05, 3.63) is 34.3 Å². The summed E-state index contributed by atoms with van der Waals surface area (Å²) in [5.74, 6) is 0. The number of carbonyl (C=O) groups is 1. The van der Waals surface area contributed by atoms with Gasteiger partial charge in [0, 0.05) is 24.6 Å². The third-order valence-electron chi connectivity index (χ3n) is 2.03. The zero-order valence-corrected chi connectivity index (χ0v) is 10.7. The van der Waals surface area contributed by atoms with Crippen LogP contribution in [0.4, 0.5) is 4.79 Å². The van der Waals surface area contributed by atoms with Crippen LogP contribution in [-0.4, -0.2) is 31.1 Å². The Kier molecular flexibility index (Phi) is 5.28. The summed E-state index contributed by atoms with van der Waals surface area (Å²) >= 11 is 3.36. The largest absolute Gasteiger partial charge is 0.445 e. The first-order valence-corrected chi connectivity index (χ1v) is 5.75. The minimum atomic E-state index is -0.356. The Balaban J connectivity index is 2.42. The molecular weight excluding hydrogens is 272 g/mol. The molecule has 5 heteroatoms. The van der Waals surface area contributed by atoms with Gasteiger partial charge in [-0.05, 0) is 17.7 Å². The van der Waals surface area contributed by atoms with E-state index in [9.17, 15) is 4.79 Å². The van der Waals surface area contributed by atoms with Gasteiger partial charge in [0.15, 0.2) is 0 Å². The number of nitrogens with zero attached hydrogens (tertiary/aromatic N) is 1. The van der Waals surface area contributed by atoms with Crippen LogP contribution in [0.2, 0.25) is 0 Å². The summed E-state index contributed by atoms with van der Waals surface area (Å²) in [5, 5.41) is 0. The van der Waals surface area contributed by atoms with Gasteiger partial charge in [-0.3, -0.25) is 0 Å². The third kappa shape index (κ3) is 4.20. The van der Waals surface area contributed by atoms with Crippen molar-refractivity contribution in [1.29, 1.82) is 0 Å². The van der Waals surface area contributed by atoms with E-state index < -0.39 is 0 Å². The molecule has 0 spiro atoms. The predicted molar refractivity (Wildman–Crippen MR) is 66.0 cm³/mol. The minimum absolute atomic E-state index is 0.271. The number of hydrogen-bond acceptors (Lipinski definition) is 3. The van der Waals surface area contributed by atoms with Crippen LogP contribution in [0, 0.1) is 0 Å². The van der Waals surface area contributed by atoms with E-state index >= 15 is 0 Å². The van der Waals surface area contributed by atoms with Crippen LogP contribution in [-0.2, 0) is 11.3 Å². The van der Waals surface area contributed by atoms with E-state index in [1.54, 1.807) is 7.05 Å². The Bertz CT molecular complexity index is 358. The molecule has 88 valence electrons. The molecule has 0 saturated carbocycles. The van der Waals surface area contributed by atoms with E-state index in [1.807, 2.05) is 24.3 Å². The molecular formula is C11H15BrN2O2. The van der Waals surface area contributed by atoms with Crippen molar-refractivity contribution in [1.82, 2.24) is 4.90 Å². The summed E-state index contributed by atoms with van der Waals surface area (Å²) in [7, 11) is 1.66. The number of halogens is 1. The lowest BCUT2D eigenvalue weighted by molar-refractivity contribution is 0.105. The predicted octanol–water partition coefficient (Wildman–Crippen LogP) is 1.98. The molecule has 4 nitrogen and oxygen atoms in total. The van der Waals surface area contributed by atoms with Crippen molar-refractivity contribution in [3.63, 3.8) is 0 Å². The Morgan fingerprint density at radius 3 is 2.94 bits per heavy atom. The standard InChI is InChI=1S/C11H15BrN2O2/c1-14(6-5-13)11(15)16-8-9-3-2-4-10(12)7-9/h2-4,7H,5-6,8,13H2,1H3. The van der Waals surface area contributed by atoms with Crippen LogP contribution in [0.1, 0.15) is 5.56 Å². The fraction of sp³-hybridized carbons (Fsp3) is 0.364. The molecule has 1 aromatic rings. The summed E-state index contributed by atoms with van der Waals surface area (Å²) in [6.07, 6.45) is -0.356. The van der Waals surface area contributed by atoms with E-state index in [2.05, 4.69) is 15.9 Å². The fourth-order valence-corrected chi connectivity index (χ4v) is 1.61. The maximum absolute atomic E-state index is 11.4. The van der Waals surface area contributed by atoms with Crippen LogP contribution in [0.25, 0.3) is 0 Å². The molecule has 0 aliphatic carbocycles. The van der Waals surface area contributed by atoms with Gasteiger partial charge >= 0.3 is 6.09 Å². The Hall–Kier alpha value is -1.07. The van der Waals surface area contributed by atoms with Gasteiger partial charge in [-0.1, -0.05) is 28.1 Å².